The van der Waals surface area contributed by atoms with Gasteiger partial charge in [-0.3, -0.25) is 4.79 Å². The zero-order valence-electron chi connectivity index (χ0n) is 39.9. The number of hydrogen-bond donors (Lipinski definition) is 7. The van der Waals surface area contributed by atoms with Crippen molar-refractivity contribution in [3.8, 4) is 28.7 Å². The number of hydrogen-bond acceptors (Lipinski definition) is 11. The highest BCUT2D eigenvalue weighted by Crippen LogP contribution is 2.51. The quantitative estimate of drug-likeness (QED) is 0.0619. The molecule has 364 valence electrons. The van der Waals surface area contributed by atoms with Gasteiger partial charge in [0.1, 0.15) is 5.75 Å². The average molecular weight is 971 g/mol. The number of H-pyrrole nitrogens is 1. The Morgan fingerprint density at radius 3 is 2.45 bits per heavy atom. The SMILES string of the molecule is CCc1ccc2cccc3c2c1Cc1c(ccc(O)c1OC)C[C@@H](Cc1cc[nH]c1)[C@H](O)[C@@H]1C(=O)[C@@](Cc2ccc(O)c(OC4CCCCC4)c2)(c2cc(O)cc(CNC)c2)[C@@H](O)C[C@H]1CSSC3. The van der Waals surface area contributed by atoms with Crippen molar-refractivity contribution in [3.05, 3.63) is 147 Å². The number of methoxy groups -OCH3 is 1. The van der Waals surface area contributed by atoms with Crippen molar-refractivity contribution in [1.82, 2.24) is 10.3 Å². The van der Waals surface area contributed by atoms with Crippen molar-refractivity contribution in [2.24, 2.45) is 17.8 Å². The van der Waals surface area contributed by atoms with Gasteiger partial charge in [-0.2, -0.15) is 0 Å². The van der Waals surface area contributed by atoms with Crippen LogP contribution in [0, 0.1) is 17.8 Å². The average Bonchev–Trinajstić information content (AvgIpc) is 3.86. The summed E-state index contributed by atoms with van der Waals surface area (Å²) in [5.74, 6) is -0.195. The summed E-state index contributed by atoms with van der Waals surface area (Å²) in [6.07, 6.45) is 8.80. The lowest BCUT2D eigenvalue weighted by Gasteiger charge is -2.49. The van der Waals surface area contributed by atoms with Crippen LogP contribution in [0.2, 0.25) is 0 Å². The Balaban J connectivity index is 1.20. The van der Waals surface area contributed by atoms with Crippen molar-refractivity contribution < 1.29 is 39.8 Å². The first-order valence-corrected chi connectivity index (χ1v) is 27.1. The molecular weight excluding hydrogens is 905 g/mol. The molecule has 6 aromatic rings. The second kappa shape index (κ2) is 21.5. The molecule has 7 N–H and O–H groups in total. The van der Waals surface area contributed by atoms with E-state index in [2.05, 4.69) is 47.6 Å². The van der Waals surface area contributed by atoms with Crippen LogP contribution in [-0.4, -0.2) is 74.5 Å². The molecule has 6 atom stereocenters. The number of Topliss-reactive ketones (excluding diaryl/α,β-unsaturated/α-hetero) is 1. The molecule has 10 nitrogen and oxygen atoms in total. The molecule has 0 bridgehead atoms. The highest BCUT2D eigenvalue weighted by Gasteiger charge is 2.57. The predicted molar refractivity (Wildman–Crippen MR) is 277 cm³/mol. The number of phenols is 3. The number of ketones is 1. The Kier molecular flexibility index (Phi) is 15.2. The van der Waals surface area contributed by atoms with E-state index in [1.165, 1.54) is 22.1 Å². The number of benzene rings is 5. The van der Waals surface area contributed by atoms with Gasteiger partial charge in [-0.15, -0.1) is 0 Å². The van der Waals surface area contributed by atoms with Gasteiger partial charge in [-0.25, -0.2) is 0 Å². The number of fused-ring (bicyclic) bond motifs is 2. The minimum absolute atomic E-state index is 0.0116. The van der Waals surface area contributed by atoms with Crippen LogP contribution in [0.25, 0.3) is 10.8 Å². The van der Waals surface area contributed by atoms with Crippen LogP contribution in [0.1, 0.15) is 95.5 Å². The number of aliphatic hydroxyl groups excluding tert-OH is 2. The van der Waals surface area contributed by atoms with Crippen molar-refractivity contribution >= 4 is 38.1 Å². The molecule has 9 rings (SSSR count). The molecule has 0 unspecified atom stereocenters. The molecule has 1 aromatic heterocycles. The number of carbonyl (C=O) groups excluding carboxylic acids is 1. The number of aliphatic hydroxyl groups is 2. The Morgan fingerprint density at radius 2 is 1.68 bits per heavy atom. The molecule has 0 amide bonds. The normalized spacial score (nSPS) is 23.7. The molecule has 3 aliphatic rings. The Morgan fingerprint density at radius 1 is 0.855 bits per heavy atom. The fourth-order valence-corrected chi connectivity index (χ4v) is 14.3. The van der Waals surface area contributed by atoms with E-state index in [0.29, 0.717) is 59.9 Å². The summed E-state index contributed by atoms with van der Waals surface area (Å²) in [6.45, 7) is 2.58. The van der Waals surface area contributed by atoms with Gasteiger partial charge < -0.3 is 45.3 Å². The van der Waals surface area contributed by atoms with Crippen LogP contribution in [0.3, 0.4) is 0 Å². The zero-order chi connectivity index (χ0) is 48.2. The summed E-state index contributed by atoms with van der Waals surface area (Å²) < 4.78 is 12.5. The van der Waals surface area contributed by atoms with E-state index in [9.17, 15) is 25.5 Å². The largest absolute Gasteiger partial charge is 0.508 e. The third-order valence-corrected chi connectivity index (χ3v) is 17.7. The van der Waals surface area contributed by atoms with E-state index in [1.807, 2.05) is 37.6 Å². The van der Waals surface area contributed by atoms with Crippen molar-refractivity contribution in [2.45, 2.75) is 114 Å². The summed E-state index contributed by atoms with van der Waals surface area (Å²) >= 11 is 0. The molecule has 2 heterocycles. The van der Waals surface area contributed by atoms with Gasteiger partial charge >= 0.3 is 0 Å². The number of carbonyl (C=O) groups is 1. The van der Waals surface area contributed by atoms with E-state index >= 15 is 4.79 Å². The minimum Gasteiger partial charge on any atom is -0.508 e. The van der Waals surface area contributed by atoms with Gasteiger partial charge in [-0.1, -0.05) is 83.5 Å². The lowest BCUT2D eigenvalue weighted by molar-refractivity contribution is -0.149. The second-order valence-electron chi connectivity index (χ2n) is 19.6. The molecule has 0 radical (unpaired) electrons. The monoisotopic (exact) mass is 970 g/mol. The number of aromatic amines is 1. The van der Waals surface area contributed by atoms with E-state index in [1.54, 1.807) is 65.1 Å². The number of aromatic nitrogens is 1. The standard InChI is InChI=1S/C57H66N2O8S2/c1-4-37-14-15-38-9-8-10-40-32-68-69-33-42-26-51(63)57(43-22-36(30-58-2)23-44(60)27-43,29-34-13-17-48(61)50(24-34)67-45-11-6-5-7-12-45)56(65)53(42)54(64)41(21-35-19-20-59-31-35)25-39-16-18-49(62)55(66-3)47(39)28-46(37)52(38)40/h8-10,13-20,22-24,27,31,41-42,45,51,53-54,58-64H,4-7,11-12,21,25-26,28-30,32-33H2,1-3H3/t41-,42+,51+,53-,54+,57+/m1/s1. The second-order valence-corrected chi connectivity index (χ2v) is 22.1. The summed E-state index contributed by atoms with van der Waals surface area (Å²) in [5, 5.41) is 65.8. The highest BCUT2D eigenvalue weighted by molar-refractivity contribution is 8.76. The molecule has 5 aromatic carbocycles. The van der Waals surface area contributed by atoms with Crippen molar-refractivity contribution in [1.29, 1.82) is 0 Å². The summed E-state index contributed by atoms with van der Waals surface area (Å²) in [7, 11) is 6.79. The maximum atomic E-state index is 16.5. The topological polar surface area (TPSA) is 164 Å². The van der Waals surface area contributed by atoms with Crippen molar-refractivity contribution in [2.75, 3.05) is 19.9 Å². The third kappa shape index (κ3) is 10.1. The molecule has 0 spiro atoms. The Hall–Kier alpha value is -5.11. The number of rotatable bonds is 11. The highest BCUT2D eigenvalue weighted by atomic mass is 33.1. The molecule has 0 saturated heterocycles. The third-order valence-electron chi connectivity index (χ3n) is 15.3. The van der Waals surface area contributed by atoms with Gasteiger partial charge in [0.15, 0.2) is 28.8 Å². The number of phenolic OH excluding ortho intramolecular Hbond substituents is 3. The molecule has 69 heavy (non-hydrogen) atoms. The van der Waals surface area contributed by atoms with Crippen LogP contribution in [0.5, 0.6) is 28.7 Å². The van der Waals surface area contributed by atoms with E-state index in [0.717, 1.165) is 66.2 Å². The molecular formula is C57H66N2O8S2. The summed E-state index contributed by atoms with van der Waals surface area (Å²) in [4.78, 5) is 19.7. The number of aryl methyl sites for hydroxylation is 1. The maximum Gasteiger partial charge on any atom is 0.164 e. The molecule has 2 saturated carbocycles. The summed E-state index contributed by atoms with van der Waals surface area (Å²) in [5.41, 5.74) is 6.60. The Labute approximate surface area is 413 Å². The molecule has 1 aliphatic heterocycles. The molecule has 12 heteroatoms. The Bertz CT molecular complexity index is 2760. The first-order chi connectivity index (χ1) is 33.5. The van der Waals surface area contributed by atoms with E-state index in [4.69, 9.17) is 9.47 Å². The fourth-order valence-electron chi connectivity index (χ4n) is 11.8. The van der Waals surface area contributed by atoms with Crippen LogP contribution < -0.4 is 14.8 Å². The van der Waals surface area contributed by atoms with E-state index in [-0.39, 0.29) is 42.0 Å². The van der Waals surface area contributed by atoms with Gasteiger partial charge in [0.2, 0.25) is 0 Å². The lowest BCUT2D eigenvalue weighted by Crippen LogP contribution is -2.61. The van der Waals surface area contributed by atoms with Crippen LogP contribution >= 0.6 is 21.6 Å². The van der Waals surface area contributed by atoms with Crippen LogP contribution in [0.4, 0.5) is 0 Å². The first kappa shape index (κ1) is 48.9. The van der Waals surface area contributed by atoms with E-state index < -0.39 is 35.4 Å². The van der Waals surface area contributed by atoms with Gasteiger partial charge in [0, 0.05) is 48.3 Å². The number of nitrogens with one attached hydrogen (secondary N) is 2. The zero-order valence-corrected chi connectivity index (χ0v) is 41.5. The van der Waals surface area contributed by atoms with Crippen LogP contribution in [0.15, 0.2) is 97.3 Å². The molecule has 2 aliphatic carbocycles. The minimum atomic E-state index is -1.61. The van der Waals surface area contributed by atoms with Gasteiger partial charge in [0.05, 0.1) is 30.8 Å². The number of ether oxygens (including phenoxy) is 2. The summed E-state index contributed by atoms with van der Waals surface area (Å²) in [6, 6.07) is 26.8. The number of aromatic hydroxyl groups is 3. The van der Waals surface area contributed by atoms with Gasteiger partial charge in [0.25, 0.3) is 0 Å². The first-order valence-electron chi connectivity index (χ1n) is 24.6. The lowest BCUT2D eigenvalue weighted by atomic mass is 9.55. The predicted octanol–water partition coefficient (Wildman–Crippen LogP) is 10.3. The van der Waals surface area contributed by atoms with Crippen molar-refractivity contribution in [3.63, 3.8) is 0 Å². The fraction of sp³-hybridized carbons (Fsp3) is 0.421. The smallest absolute Gasteiger partial charge is 0.164 e. The van der Waals surface area contributed by atoms with Gasteiger partial charge in [-0.05, 0) is 168 Å². The maximum absolute atomic E-state index is 16.5. The molecule has 2 fully saturated rings. The van der Waals surface area contributed by atoms with Crippen LogP contribution in [-0.2, 0) is 54.6 Å².